The quantitative estimate of drug-likeness (QED) is 0.540. The molecule has 0 heterocycles. The highest BCUT2D eigenvalue weighted by Crippen LogP contribution is 2.22. The van der Waals surface area contributed by atoms with Gasteiger partial charge in [0.25, 0.3) is 0 Å². The Balaban J connectivity index is 3.06. The second-order valence-electron chi connectivity index (χ2n) is 3.39. The summed E-state index contributed by atoms with van der Waals surface area (Å²) >= 11 is 0. The molecule has 0 radical (unpaired) electrons. The maximum atomic E-state index is 10.8. The lowest BCUT2D eigenvalue weighted by Gasteiger charge is -2.10. The summed E-state index contributed by atoms with van der Waals surface area (Å²) in [6, 6.07) is -1.34. The van der Waals surface area contributed by atoms with Gasteiger partial charge in [0.2, 0.25) is 0 Å². The Bertz CT molecular complexity index is 396. The molecule has 86 valence electrons. The average Bonchev–Trinajstić information content (AvgIpc) is 2.25. The van der Waals surface area contributed by atoms with Crippen LogP contribution in [0.15, 0.2) is 35.6 Å². The Hall–Kier alpha value is -1.98. The van der Waals surface area contributed by atoms with Gasteiger partial charge in [-0.1, -0.05) is 31.6 Å². The third-order valence-corrected chi connectivity index (χ3v) is 2.24. The van der Waals surface area contributed by atoms with E-state index in [1.165, 1.54) is 12.2 Å². The van der Waals surface area contributed by atoms with E-state index in [9.17, 15) is 20.2 Å². The monoisotopic (exact) mass is 224 g/mol. The first-order chi connectivity index (χ1) is 7.57. The third-order valence-electron chi connectivity index (χ3n) is 2.24. The Kier molecular flexibility index (Phi) is 3.93. The van der Waals surface area contributed by atoms with Gasteiger partial charge in [-0.15, -0.1) is 0 Å². The molecule has 6 heteroatoms. The minimum atomic E-state index is -1.34. The van der Waals surface area contributed by atoms with Gasteiger partial charge >= 0.3 is 11.7 Å². The number of unbranched alkanes of at least 4 members (excludes halogenated alkanes) is 1. The summed E-state index contributed by atoms with van der Waals surface area (Å²) in [5.41, 5.74) is 0.0101. The Morgan fingerprint density at radius 3 is 2.62 bits per heavy atom. The summed E-state index contributed by atoms with van der Waals surface area (Å²) in [6.45, 7) is 1.94. The van der Waals surface area contributed by atoms with Crippen LogP contribution in [0.1, 0.15) is 19.8 Å². The predicted molar refractivity (Wildman–Crippen MR) is 58.0 cm³/mol. The largest absolute Gasteiger partial charge is 0.325 e. The van der Waals surface area contributed by atoms with E-state index in [0.717, 1.165) is 6.42 Å². The van der Waals surface area contributed by atoms with Gasteiger partial charge in [0.05, 0.1) is 4.92 Å². The Morgan fingerprint density at radius 2 is 2.12 bits per heavy atom. The van der Waals surface area contributed by atoms with Gasteiger partial charge in [-0.2, -0.15) is 0 Å². The molecular formula is C10H12N2O4. The topological polar surface area (TPSA) is 86.3 Å². The van der Waals surface area contributed by atoms with E-state index < -0.39 is 15.9 Å². The van der Waals surface area contributed by atoms with Crippen molar-refractivity contribution in [2.24, 2.45) is 0 Å². The zero-order valence-corrected chi connectivity index (χ0v) is 8.83. The van der Waals surface area contributed by atoms with Crippen LogP contribution in [0.2, 0.25) is 0 Å². The van der Waals surface area contributed by atoms with Crippen LogP contribution in [0.25, 0.3) is 0 Å². The Morgan fingerprint density at radius 1 is 1.44 bits per heavy atom. The molecule has 0 saturated heterocycles. The van der Waals surface area contributed by atoms with Crippen molar-refractivity contribution in [3.63, 3.8) is 0 Å². The number of nitrogens with zero attached hydrogens (tertiary/aromatic N) is 2. The van der Waals surface area contributed by atoms with Crippen LogP contribution < -0.4 is 0 Å². The van der Waals surface area contributed by atoms with Crippen molar-refractivity contribution in [1.29, 1.82) is 0 Å². The van der Waals surface area contributed by atoms with Crippen LogP contribution in [0.5, 0.6) is 0 Å². The number of nitro groups is 2. The van der Waals surface area contributed by atoms with E-state index >= 15 is 0 Å². The highest BCUT2D eigenvalue weighted by Gasteiger charge is 2.38. The standard InChI is InChI=1S/C10H12N2O4/c1-2-3-5-8-6-4-7-9(11(13)14)10(8)12(15)16/h4-7,10H,2-3H2,1H3. The van der Waals surface area contributed by atoms with Crippen LogP contribution in [0.4, 0.5) is 0 Å². The molecule has 1 atom stereocenters. The Labute approximate surface area is 92.3 Å². The molecular weight excluding hydrogens is 212 g/mol. The van der Waals surface area contributed by atoms with E-state index in [0.29, 0.717) is 12.0 Å². The van der Waals surface area contributed by atoms with Gasteiger partial charge in [0, 0.05) is 16.6 Å². The van der Waals surface area contributed by atoms with E-state index in [4.69, 9.17) is 0 Å². The summed E-state index contributed by atoms with van der Waals surface area (Å²) in [7, 11) is 0. The van der Waals surface area contributed by atoms with Crippen molar-refractivity contribution in [1.82, 2.24) is 0 Å². The summed E-state index contributed by atoms with van der Waals surface area (Å²) in [5, 5.41) is 21.5. The molecule has 16 heavy (non-hydrogen) atoms. The first kappa shape index (κ1) is 12.1. The van der Waals surface area contributed by atoms with Crippen molar-refractivity contribution >= 4 is 0 Å². The predicted octanol–water partition coefficient (Wildman–Crippen LogP) is 2.09. The number of allylic oxidation sites excluding steroid dienone is 3. The molecule has 0 N–H and O–H groups in total. The van der Waals surface area contributed by atoms with Crippen LogP contribution in [0.3, 0.4) is 0 Å². The van der Waals surface area contributed by atoms with Gasteiger partial charge in [-0.05, 0) is 6.42 Å². The maximum Gasteiger partial charge on any atom is 0.325 e. The number of hydrogen-bond donors (Lipinski definition) is 0. The third kappa shape index (κ3) is 2.53. The molecule has 0 spiro atoms. The van der Waals surface area contributed by atoms with Crippen molar-refractivity contribution in [2.75, 3.05) is 0 Å². The summed E-state index contributed by atoms with van der Waals surface area (Å²) in [5.74, 6) is 0. The lowest BCUT2D eigenvalue weighted by atomic mass is 9.98. The van der Waals surface area contributed by atoms with Crippen LogP contribution in [-0.2, 0) is 0 Å². The highest BCUT2D eigenvalue weighted by molar-refractivity contribution is 5.36. The molecule has 0 aromatic carbocycles. The van der Waals surface area contributed by atoms with Gasteiger partial charge < -0.3 is 0 Å². The van der Waals surface area contributed by atoms with Crippen LogP contribution in [0, 0.1) is 20.2 Å². The second-order valence-corrected chi connectivity index (χ2v) is 3.39. The normalized spacial score (nSPS) is 21.9. The van der Waals surface area contributed by atoms with Crippen molar-refractivity contribution < 1.29 is 9.85 Å². The summed E-state index contributed by atoms with van der Waals surface area (Å²) in [4.78, 5) is 20.2. The van der Waals surface area contributed by atoms with Gasteiger partial charge in [0.15, 0.2) is 0 Å². The fourth-order valence-corrected chi connectivity index (χ4v) is 1.49. The molecule has 0 amide bonds. The van der Waals surface area contributed by atoms with Crippen molar-refractivity contribution in [3.05, 3.63) is 55.8 Å². The summed E-state index contributed by atoms with van der Waals surface area (Å²) in [6.07, 6.45) is 7.40. The molecule has 0 aromatic heterocycles. The molecule has 0 fully saturated rings. The molecule has 1 aliphatic rings. The minimum absolute atomic E-state index is 0.380. The highest BCUT2D eigenvalue weighted by atomic mass is 16.6. The first-order valence-corrected chi connectivity index (χ1v) is 4.94. The van der Waals surface area contributed by atoms with E-state index in [1.54, 1.807) is 12.2 Å². The first-order valence-electron chi connectivity index (χ1n) is 4.94. The zero-order chi connectivity index (χ0) is 12.1. The molecule has 1 aliphatic carbocycles. The molecule has 1 unspecified atom stereocenters. The second kappa shape index (κ2) is 5.20. The van der Waals surface area contributed by atoms with Crippen molar-refractivity contribution in [3.8, 4) is 0 Å². The maximum absolute atomic E-state index is 10.8. The molecule has 1 rings (SSSR count). The van der Waals surface area contributed by atoms with Crippen LogP contribution >= 0.6 is 0 Å². The fourth-order valence-electron chi connectivity index (χ4n) is 1.49. The molecule has 0 saturated carbocycles. The molecule has 0 aliphatic heterocycles. The van der Waals surface area contributed by atoms with Gasteiger partial charge in [-0.25, -0.2) is 0 Å². The van der Waals surface area contributed by atoms with E-state index in [2.05, 4.69) is 0 Å². The van der Waals surface area contributed by atoms with Gasteiger partial charge in [0.1, 0.15) is 0 Å². The lowest BCUT2D eigenvalue weighted by Crippen LogP contribution is -2.29. The van der Waals surface area contributed by atoms with Gasteiger partial charge in [-0.3, -0.25) is 20.2 Å². The van der Waals surface area contributed by atoms with Crippen LogP contribution in [-0.4, -0.2) is 15.9 Å². The summed E-state index contributed by atoms with van der Waals surface area (Å²) < 4.78 is 0. The fraction of sp³-hybridized carbons (Fsp3) is 0.400. The van der Waals surface area contributed by atoms with E-state index in [-0.39, 0.29) is 5.70 Å². The zero-order valence-electron chi connectivity index (χ0n) is 8.83. The minimum Gasteiger partial charge on any atom is -0.263 e. The molecule has 0 bridgehead atoms. The SMILES string of the molecule is CCCC=C1C=CC=C([N+](=O)[O-])C1[N+](=O)[O-]. The molecule has 6 nitrogen and oxygen atoms in total. The van der Waals surface area contributed by atoms with Crippen molar-refractivity contribution in [2.45, 2.75) is 25.8 Å². The van der Waals surface area contributed by atoms with E-state index in [1.807, 2.05) is 6.92 Å². The lowest BCUT2D eigenvalue weighted by molar-refractivity contribution is -0.546. The molecule has 0 aromatic rings. The number of rotatable bonds is 4. The smallest absolute Gasteiger partial charge is 0.263 e. The number of hydrogen-bond acceptors (Lipinski definition) is 4. The average molecular weight is 224 g/mol.